The first-order valence-corrected chi connectivity index (χ1v) is 13.9. The number of nitrogens with zero attached hydrogens (tertiary/aromatic N) is 3. The van der Waals surface area contributed by atoms with E-state index < -0.39 is 5.91 Å². The number of aryl methyl sites for hydroxylation is 1. The maximum absolute atomic E-state index is 12.8. The second kappa shape index (κ2) is 9.99. The molecule has 0 aromatic carbocycles. The summed E-state index contributed by atoms with van der Waals surface area (Å²) in [5.41, 5.74) is 8.22. The van der Waals surface area contributed by atoms with Gasteiger partial charge in [-0.25, -0.2) is 0 Å². The van der Waals surface area contributed by atoms with Crippen LogP contribution in [-0.4, -0.2) is 32.3 Å². The van der Waals surface area contributed by atoms with Crippen LogP contribution in [0.1, 0.15) is 65.8 Å². The van der Waals surface area contributed by atoms with E-state index in [4.69, 9.17) is 5.73 Å². The normalized spacial score (nSPS) is 15.6. The largest absolute Gasteiger partial charge is 0.365 e. The second-order valence-corrected chi connectivity index (χ2v) is 11.7. The molecule has 0 fully saturated rings. The van der Waals surface area contributed by atoms with Gasteiger partial charge in [0, 0.05) is 26.7 Å². The molecule has 176 valence electrons. The van der Waals surface area contributed by atoms with Crippen LogP contribution in [0, 0.1) is 5.92 Å². The summed E-state index contributed by atoms with van der Waals surface area (Å²) in [4.78, 5) is 27.4. The Balaban J connectivity index is 1.49. The Bertz CT molecular complexity index is 1180. The van der Waals surface area contributed by atoms with E-state index in [0.717, 1.165) is 47.5 Å². The van der Waals surface area contributed by atoms with Gasteiger partial charge in [0.25, 0.3) is 5.91 Å². The van der Waals surface area contributed by atoms with Gasteiger partial charge in [0.05, 0.1) is 11.3 Å². The highest BCUT2D eigenvalue weighted by atomic mass is 32.2. The lowest BCUT2D eigenvalue weighted by molar-refractivity contribution is -0.113. The topological polar surface area (TPSA) is 103 Å². The molecule has 0 bridgehead atoms. The van der Waals surface area contributed by atoms with Crippen molar-refractivity contribution in [1.29, 1.82) is 0 Å². The van der Waals surface area contributed by atoms with Gasteiger partial charge in [0.2, 0.25) is 5.91 Å². The van der Waals surface area contributed by atoms with E-state index in [0.29, 0.717) is 21.6 Å². The Labute approximate surface area is 206 Å². The highest BCUT2D eigenvalue weighted by molar-refractivity contribution is 7.99. The Kier molecular flexibility index (Phi) is 7.25. The van der Waals surface area contributed by atoms with Crippen molar-refractivity contribution in [2.75, 3.05) is 11.1 Å². The standard InChI is InChI=1S/C23H29N5O2S3/c1-5-15-9-14(10-31-15)21-26-27-23(28(21)12(2)3)32-11-18(29)25-22-19(20(24)30)16-7-6-13(4)8-17(16)33-22/h9-10,12-13H,5-8,11H2,1-4H3,(H2,24,30)(H,25,29). The van der Waals surface area contributed by atoms with E-state index in [1.165, 1.54) is 28.0 Å². The van der Waals surface area contributed by atoms with Crippen molar-refractivity contribution in [3.63, 3.8) is 0 Å². The van der Waals surface area contributed by atoms with E-state index in [-0.39, 0.29) is 17.7 Å². The number of nitrogens with one attached hydrogen (secondary N) is 1. The van der Waals surface area contributed by atoms with Crippen molar-refractivity contribution in [2.24, 2.45) is 11.7 Å². The Morgan fingerprint density at radius 3 is 2.82 bits per heavy atom. The third-order valence-corrected chi connectivity index (χ3v) is 8.98. The molecule has 7 nitrogen and oxygen atoms in total. The zero-order valence-electron chi connectivity index (χ0n) is 19.3. The summed E-state index contributed by atoms with van der Waals surface area (Å²) in [5.74, 6) is 0.907. The quantitative estimate of drug-likeness (QED) is 0.413. The second-order valence-electron chi connectivity index (χ2n) is 8.68. The minimum atomic E-state index is -0.476. The lowest BCUT2D eigenvalue weighted by Crippen LogP contribution is -2.20. The third kappa shape index (κ3) is 5.02. The average molecular weight is 504 g/mol. The Morgan fingerprint density at radius 2 is 2.15 bits per heavy atom. The molecule has 0 saturated heterocycles. The van der Waals surface area contributed by atoms with Gasteiger partial charge in [-0.2, -0.15) is 0 Å². The number of amides is 2. The number of anilines is 1. The number of carbonyl (C=O) groups excluding carboxylic acids is 2. The van der Waals surface area contributed by atoms with Crippen LogP contribution in [0.4, 0.5) is 5.00 Å². The number of fused-ring (bicyclic) bond motifs is 1. The number of rotatable bonds is 8. The fourth-order valence-electron chi connectivity index (χ4n) is 4.11. The van der Waals surface area contributed by atoms with E-state index in [1.54, 1.807) is 11.3 Å². The lowest BCUT2D eigenvalue weighted by atomic mass is 9.88. The number of thiophene rings is 2. The van der Waals surface area contributed by atoms with Crippen molar-refractivity contribution >= 4 is 51.3 Å². The van der Waals surface area contributed by atoms with Gasteiger partial charge in [-0.05, 0) is 57.1 Å². The molecule has 4 rings (SSSR count). The zero-order valence-corrected chi connectivity index (χ0v) is 21.8. The van der Waals surface area contributed by atoms with Crippen molar-refractivity contribution < 1.29 is 9.59 Å². The first kappa shape index (κ1) is 24.0. The van der Waals surface area contributed by atoms with Crippen LogP contribution in [0.3, 0.4) is 0 Å². The van der Waals surface area contributed by atoms with Gasteiger partial charge in [-0.1, -0.05) is 25.6 Å². The molecule has 1 atom stereocenters. The maximum atomic E-state index is 12.8. The minimum Gasteiger partial charge on any atom is -0.365 e. The van der Waals surface area contributed by atoms with Crippen molar-refractivity contribution in [3.05, 3.63) is 32.3 Å². The molecule has 3 heterocycles. The monoisotopic (exact) mass is 503 g/mol. The number of carbonyl (C=O) groups is 2. The molecule has 3 aromatic rings. The van der Waals surface area contributed by atoms with Crippen LogP contribution in [0.15, 0.2) is 16.6 Å². The summed E-state index contributed by atoms with van der Waals surface area (Å²) in [7, 11) is 0. The smallest absolute Gasteiger partial charge is 0.251 e. The van der Waals surface area contributed by atoms with E-state index in [9.17, 15) is 9.59 Å². The Hall–Kier alpha value is -2.17. The SMILES string of the molecule is CCc1cc(-c2nnc(SCC(=O)Nc3sc4c(c3C(N)=O)CCC(C)C4)n2C(C)C)cs1. The molecule has 1 unspecified atom stereocenters. The summed E-state index contributed by atoms with van der Waals surface area (Å²) in [6.07, 6.45) is 3.77. The summed E-state index contributed by atoms with van der Waals surface area (Å²) in [6.45, 7) is 8.51. The Morgan fingerprint density at radius 1 is 1.36 bits per heavy atom. The molecule has 0 spiro atoms. The van der Waals surface area contributed by atoms with Crippen LogP contribution in [-0.2, 0) is 24.1 Å². The van der Waals surface area contributed by atoms with Gasteiger partial charge < -0.3 is 11.1 Å². The van der Waals surface area contributed by atoms with Crippen LogP contribution < -0.4 is 11.1 Å². The molecule has 0 radical (unpaired) electrons. The van der Waals surface area contributed by atoms with Crippen molar-refractivity contribution in [2.45, 2.75) is 64.6 Å². The molecular formula is C23H29N5O2S3. The number of hydrogen-bond donors (Lipinski definition) is 2. The van der Waals surface area contributed by atoms with E-state index in [2.05, 4.69) is 59.2 Å². The van der Waals surface area contributed by atoms with Crippen molar-refractivity contribution in [1.82, 2.24) is 14.8 Å². The number of aromatic nitrogens is 3. The maximum Gasteiger partial charge on any atom is 0.251 e. The van der Waals surface area contributed by atoms with Crippen LogP contribution in [0.2, 0.25) is 0 Å². The first-order chi connectivity index (χ1) is 15.8. The molecule has 2 amide bonds. The number of primary amides is 1. The zero-order chi connectivity index (χ0) is 23.7. The highest BCUT2D eigenvalue weighted by Gasteiger charge is 2.27. The summed E-state index contributed by atoms with van der Waals surface area (Å²) < 4.78 is 2.07. The molecule has 33 heavy (non-hydrogen) atoms. The summed E-state index contributed by atoms with van der Waals surface area (Å²) in [6, 6.07) is 2.30. The van der Waals surface area contributed by atoms with E-state index >= 15 is 0 Å². The van der Waals surface area contributed by atoms with Crippen LogP contribution >= 0.6 is 34.4 Å². The lowest BCUT2D eigenvalue weighted by Gasteiger charge is -2.18. The molecule has 3 aromatic heterocycles. The number of nitrogens with two attached hydrogens (primary N) is 1. The third-order valence-electron chi connectivity index (χ3n) is 5.78. The minimum absolute atomic E-state index is 0.151. The van der Waals surface area contributed by atoms with E-state index in [1.807, 2.05) is 0 Å². The molecular weight excluding hydrogens is 474 g/mol. The predicted octanol–water partition coefficient (Wildman–Crippen LogP) is 5.17. The fourth-order valence-corrected chi connectivity index (χ4v) is 7.23. The van der Waals surface area contributed by atoms with Gasteiger partial charge in [-0.3, -0.25) is 14.2 Å². The first-order valence-electron chi connectivity index (χ1n) is 11.2. The van der Waals surface area contributed by atoms with Gasteiger partial charge in [-0.15, -0.1) is 32.9 Å². The van der Waals surface area contributed by atoms with Crippen LogP contribution in [0.25, 0.3) is 11.4 Å². The van der Waals surface area contributed by atoms with Gasteiger partial charge in [0.15, 0.2) is 11.0 Å². The summed E-state index contributed by atoms with van der Waals surface area (Å²) >= 11 is 4.55. The molecule has 0 saturated carbocycles. The fraction of sp³-hybridized carbons (Fsp3) is 0.478. The van der Waals surface area contributed by atoms with Gasteiger partial charge >= 0.3 is 0 Å². The molecule has 3 N–H and O–H groups in total. The molecule has 1 aliphatic carbocycles. The number of hydrogen-bond acceptors (Lipinski definition) is 7. The molecule has 1 aliphatic rings. The average Bonchev–Trinajstić information content (AvgIpc) is 3.47. The van der Waals surface area contributed by atoms with Crippen LogP contribution in [0.5, 0.6) is 0 Å². The summed E-state index contributed by atoms with van der Waals surface area (Å²) in [5, 5.41) is 15.1. The van der Waals surface area contributed by atoms with Crippen molar-refractivity contribution in [3.8, 4) is 11.4 Å². The highest BCUT2D eigenvalue weighted by Crippen LogP contribution is 2.39. The van der Waals surface area contributed by atoms with Gasteiger partial charge in [0.1, 0.15) is 5.00 Å². The predicted molar refractivity (Wildman–Crippen MR) is 136 cm³/mol. The molecule has 10 heteroatoms. The number of thioether (sulfide) groups is 1. The molecule has 0 aliphatic heterocycles.